The highest BCUT2D eigenvalue weighted by atomic mass is 35.5. The van der Waals surface area contributed by atoms with Crippen LogP contribution in [0.15, 0.2) is 53.2 Å². The molecule has 0 atom stereocenters. The maximum Gasteiger partial charge on any atom is 0.136 e. The van der Waals surface area contributed by atoms with Gasteiger partial charge in [0.05, 0.1) is 5.02 Å². The van der Waals surface area contributed by atoms with Crippen molar-refractivity contribution in [3.05, 3.63) is 53.8 Å². The van der Waals surface area contributed by atoms with Crippen LogP contribution in [0.25, 0.3) is 32.7 Å². The van der Waals surface area contributed by atoms with Crippen molar-refractivity contribution in [1.29, 1.82) is 0 Å². The molecule has 0 saturated carbocycles. The van der Waals surface area contributed by atoms with Crippen LogP contribution in [0.2, 0.25) is 5.02 Å². The maximum absolute atomic E-state index is 6.15. The van der Waals surface area contributed by atoms with Gasteiger partial charge in [-0.15, -0.1) is 0 Å². The minimum atomic E-state index is 0.648. The minimum absolute atomic E-state index is 0.648. The van der Waals surface area contributed by atoms with E-state index in [0.29, 0.717) is 5.02 Å². The van der Waals surface area contributed by atoms with Crippen LogP contribution in [-0.4, -0.2) is 4.98 Å². The van der Waals surface area contributed by atoms with Gasteiger partial charge in [0.25, 0.3) is 0 Å². The zero-order valence-corrected chi connectivity index (χ0v) is 10.1. The van der Waals surface area contributed by atoms with Gasteiger partial charge < -0.3 is 4.42 Å². The van der Waals surface area contributed by atoms with E-state index in [1.54, 1.807) is 6.20 Å². The van der Waals surface area contributed by atoms with E-state index in [4.69, 9.17) is 16.0 Å². The highest BCUT2D eigenvalue weighted by molar-refractivity contribution is 6.35. The smallest absolute Gasteiger partial charge is 0.136 e. The predicted octanol–water partition coefficient (Wildman–Crippen LogP) is 4.79. The fourth-order valence-corrected chi connectivity index (χ4v) is 2.57. The zero-order valence-electron chi connectivity index (χ0n) is 9.35. The number of rotatable bonds is 0. The molecule has 18 heavy (non-hydrogen) atoms. The molecule has 4 rings (SSSR count). The lowest BCUT2D eigenvalue weighted by Crippen LogP contribution is -1.77. The first-order valence-corrected chi connectivity index (χ1v) is 6.05. The predicted molar refractivity (Wildman–Crippen MR) is 74.0 cm³/mol. The molecule has 2 heterocycles. The molecule has 0 spiro atoms. The quantitative estimate of drug-likeness (QED) is 0.450. The van der Waals surface area contributed by atoms with E-state index < -0.39 is 0 Å². The average Bonchev–Trinajstić information content (AvgIpc) is 2.75. The summed E-state index contributed by atoms with van der Waals surface area (Å²) in [5.41, 5.74) is 1.75. The van der Waals surface area contributed by atoms with Gasteiger partial charge in [-0.25, -0.2) is 0 Å². The van der Waals surface area contributed by atoms with Crippen LogP contribution in [0.5, 0.6) is 0 Å². The van der Waals surface area contributed by atoms with E-state index in [2.05, 4.69) is 17.1 Å². The van der Waals surface area contributed by atoms with Crippen LogP contribution in [0.4, 0.5) is 0 Å². The third kappa shape index (κ3) is 1.27. The number of aromatic nitrogens is 1. The Labute approximate surface area is 108 Å². The second-order valence-corrected chi connectivity index (χ2v) is 4.70. The lowest BCUT2D eigenvalue weighted by molar-refractivity contribution is 0.669. The Kier molecular flexibility index (Phi) is 1.91. The van der Waals surface area contributed by atoms with Crippen LogP contribution < -0.4 is 0 Å². The molecule has 0 unspecified atom stereocenters. The molecule has 0 saturated heterocycles. The van der Waals surface area contributed by atoms with E-state index in [1.807, 2.05) is 30.5 Å². The summed E-state index contributed by atoms with van der Waals surface area (Å²) in [6.45, 7) is 0. The van der Waals surface area contributed by atoms with Crippen molar-refractivity contribution in [3.63, 3.8) is 0 Å². The van der Waals surface area contributed by atoms with Gasteiger partial charge >= 0.3 is 0 Å². The van der Waals surface area contributed by atoms with Crippen LogP contribution in [-0.2, 0) is 0 Å². The average molecular weight is 254 g/mol. The summed E-state index contributed by atoms with van der Waals surface area (Å²) < 4.78 is 5.84. The van der Waals surface area contributed by atoms with Gasteiger partial charge in [-0.05, 0) is 18.2 Å². The van der Waals surface area contributed by atoms with Gasteiger partial charge in [0, 0.05) is 33.9 Å². The highest BCUT2D eigenvalue weighted by Crippen LogP contribution is 2.33. The summed E-state index contributed by atoms with van der Waals surface area (Å²) in [4.78, 5) is 4.12. The van der Waals surface area contributed by atoms with Crippen molar-refractivity contribution in [2.75, 3.05) is 0 Å². The van der Waals surface area contributed by atoms with Crippen molar-refractivity contribution >= 4 is 44.3 Å². The van der Waals surface area contributed by atoms with Gasteiger partial charge in [0.15, 0.2) is 0 Å². The van der Waals surface area contributed by atoms with Crippen LogP contribution in [0.1, 0.15) is 0 Å². The van der Waals surface area contributed by atoms with E-state index in [9.17, 15) is 0 Å². The van der Waals surface area contributed by atoms with E-state index >= 15 is 0 Å². The normalized spacial score (nSPS) is 11.6. The topological polar surface area (TPSA) is 26.0 Å². The molecular formula is C15H8ClNO. The summed E-state index contributed by atoms with van der Waals surface area (Å²) in [6, 6.07) is 12.1. The number of benzene rings is 2. The summed E-state index contributed by atoms with van der Waals surface area (Å²) in [6.07, 6.45) is 3.47. The molecule has 0 aliphatic rings. The van der Waals surface area contributed by atoms with Gasteiger partial charge in [-0.2, -0.15) is 0 Å². The van der Waals surface area contributed by atoms with Gasteiger partial charge in [0.2, 0.25) is 0 Å². The summed E-state index contributed by atoms with van der Waals surface area (Å²) in [5.74, 6) is 0. The fraction of sp³-hybridized carbons (Fsp3) is 0. The Morgan fingerprint density at radius 1 is 0.889 bits per heavy atom. The Balaban J connectivity index is 2.27. The lowest BCUT2D eigenvalue weighted by Gasteiger charge is -1.99. The standard InChI is InChI=1S/C15H8ClNO/c16-13-8-17-7-9-5-12-10-3-1-2-4-14(10)18-15(12)6-11(9)13/h1-8H. The molecule has 0 aliphatic heterocycles. The van der Waals surface area contributed by atoms with Crippen molar-refractivity contribution in [1.82, 2.24) is 4.98 Å². The zero-order chi connectivity index (χ0) is 12.1. The molecular weight excluding hydrogens is 246 g/mol. The lowest BCUT2D eigenvalue weighted by atomic mass is 10.1. The molecule has 0 bridgehead atoms. The Hall–Kier alpha value is -2.06. The molecule has 0 aliphatic carbocycles. The molecule has 0 amide bonds. The van der Waals surface area contributed by atoms with Crippen LogP contribution in [0.3, 0.4) is 0 Å². The van der Waals surface area contributed by atoms with Crippen molar-refractivity contribution < 1.29 is 4.42 Å². The molecule has 3 heteroatoms. The fourth-order valence-electron chi connectivity index (χ4n) is 2.35. The van der Waals surface area contributed by atoms with Gasteiger partial charge in [0.1, 0.15) is 11.2 Å². The first kappa shape index (κ1) is 9.92. The second-order valence-electron chi connectivity index (χ2n) is 4.29. The summed E-state index contributed by atoms with van der Waals surface area (Å²) >= 11 is 6.15. The summed E-state index contributed by atoms with van der Waals surface area (Å²) in [7, 11) is 0. The van der Waals surface area contributed by atoms with Crippen LogP contribution >= 0.6 is 11.6 Å². The first-order valence-electron chi connectivity index (χ1n) is 5.67. The monoisotopic (exact) mass is 253 g/mol. The summed E-state index contributed by atoms with van der Waals surface area (Å²) in [5, 5.41) is 4.87. The number of fused-ring (bicyclic) bond motifs is 4. The van der Waals surface area contributed by atoms with Gasteiger partial charge in [-0.1, -0.05) is 29.8 Å². The molecule has 0 radical (unpaired) electrons. The van der Waals surface area contributed by atoms with Gasteiger partial charge in [-0.3, -0.25) is 4.98 Å². The molecule has 0 fully saturated rings. The van der Waals surface area contributed by atoms with E-state index in [1.165, 1.54) is 0 Å². The van der Waals surface area contributed by atoms with Crippen molar-refractivity contribution in [2.45, 2.75) is 0 Å². The maximum atomic E-state index is 6.15. The van der Waals surface area contributed by atoms with E-state index in [-0.39, 0.29) is 0 Å². The number of para-hydroxylation sites is 1. The van der Waals surface area contributed by atoms with Crippen molar-refractivity contribution in [3.8, 4) is 0 Å². The molecule has 2 aromatic heterocycles. The van der Waals surface area contributed by atoms with Crippen LogP contribution in [0, 0.1) is 0 Å². The highest BCUT2D eigenvalue weighted by Gasteiger charge is 2.09. The Morgan fingerprint density at radius 2 is 1.78 bits per heavy atom. The third-order valence-electron chi connectivity index (χ3n) is 3.21. The number of hydrogen-bond donors (Lipinski definition) is 0. The number of pyridine rings is 1. The number of hydrogen-bond acceptors (Lipinski definition) is 2. The first-order chi connectivity index (χ1) is 8.83. The molecule has 4 aromatic rings. The molecule has 0 N–H and O–H groups in total. The molecule has 2 nitrogen and oxygen atoms in total. The third-order valence-corrected chi connectivity index (χ3v) is 3.51. The number of nitrogens with zero attached hydrogens (tertiary/aromatic N) is 1. The second kappa shape index (κ2) is 3.47. The SMILES string of the molecule is Clc1cncc2cc3c(cc12)oc1ccccc13. The number of furan rings is 1. The molecule has 2 aromatic carbocycles. The van der Waals surface area contributed by atoms with E-state index in [0.717, 1.165) is 32.7 Å². The Morgan fingerprint density at radius 3 is 2.72 bits per heavy atom. The Bertz CT molecular complexity index is 895. The number of halogens is 1. The van der Waals surface area contributed by atoms with Crippen molar-refractivity contribution in [2.24, 2.45) is 0 Å². The largest absolute Gasteiger partial charge is 0.456 e. The molecule has 86 valence electrons. The minimum Gasteiger partial charge on any atom is -0.456 e.